The lowest BCUT2D eigenvalue weighted by Gasteiger charge is -2.35. The Morgan fingerprint density at radius 3 is 2.16 bits per heavy atom. The van der Waals surface area contributed by atoms with Crippen LogP contribution in [0.1, 0.15) is 26.5 Å². The van der Waals surface area contributed by atoms with E-state index in [0.717, 1.165) is 14.7 Å². The molecular formula is C21H23Br2N2O4PS. The minimum Gasteiger partial charge on any atom is -0.457 e. The molecule has 0 aliphatic carbocycles. The molecule has 166 valence electrons. The first-order chi connectivity index (χ1) is 14.3. The van der Waals surface area contributed by atoms with Crippen LogP contribution in [-0.2, 0) is 10.0 Å². The Bertz CT molecular complexity index is 1260. The van der Waals surface area contributed by atoms with Crippen molar-refractivity contribution in [3.05, 3.63) is 69.3 Å². The lowest BCUT2D eigenvalue weighted by molar-refractivity contribution is 0.525. The maximum atomic E-state index is 11.6. The van der Waals surface area contributed by atoms with Crippen molar-refractivity contribution in [3.63, 3.8) is 0 Å². The third kappa shape index (κ3) is 5.34. The van der Waals surface area contributed by atoms with Crippen LogP contribution in [0.2, 0.25) is 0 Å². The van der Waals surface area contributed by atoms with Crippen LogP contribution in [-0.4, -0.2) is 13.6 Å². The fourth-order valence-corrected chi connectivity index (χ4v) is 7.55. The molecular weight excluding hydrogens is 567 g/mol. The summed E-state index contributed by atoms with van der Waals surface area (Å²) in [5, 5.41) is 4.79. The second-order valence-corrected chi connectivity index (χ2v) is 14.6. The van der Waals surface area contributed by atoms with Crippen molar-refractivity contribution in [1.29, 1.82) is 0 Å². The minimum atomic E-state index is -3.79. The Morgan fingerprint density at radius 1 is 1.03 bits per heavy atom. The highest BCUT2D eigenvalue weighted by atomic mass is 79.9. The molecule has 0 fully saturated rings. The molecule has 0 saturated heterocycles. The van der Waals surface area contributed by atoms with Crippen LogP contribution in [0.4, 0.5) is 5.69 Å². The first-order valence-corrected chi connectivity index (χ1v) is 14.1. The van der Waals surface area contributed by atoms with Gasteiger partial charge in [-0.3, -0.25) is 0 Å². The van der Waals surface area contributed by atoms with E-state index in [-0.39, 0.29) is 4.90 Å². The molecule has 1 aromatic heterocycles. The summed E-state index contributed by atoms with van der Waals surface area (Å²) in [5.41, 5.74) is 1.21. The van der Waals surface area contributed by atoms with Crippen LogP contribution in [0, 0.1) is 6.92 Å². The van der Waals surface area contributed by atoms with Gasteiger partial charge in [-0.2, -0.15) is 0 Å². The smallest absolute Gasteiger partial charge is 0.238 e. The van der Waals surface area contributed by atoms with Crippen LogP contribution < -0.4 is 15.2 Å². The number of rotatable bonds is 5. The van der Waals surface area contributed by atoms with Gasteiger partial charge < -0.3 is 8.94 Å². The normalized spacial score (nSPS) is 14.2. The summed E-state index contributed by atoms with van der Waals surface area (Å²) in [6.45, 7) is 8.02. The van der Waals surface area contributed by atoms with Gasteiger partial charge in [-0.15, -0.1) is 0 Å². The molecule has 2 N–H and O–H groups in total. The third-order valence-corrected chi connectivity index (χ3v) is 10.2. The maximum absolute atomic E-state index is 11.6. The molecule has 1 unspecified atom stereocenters. The number of nitrogens with zero attached hydrogens (tertiary/aromatic N) is 1. The van der Waals surface area contributed by atoms with Gasteiger partial charge in [-0.1, -0.05) is 36.7 Å². The van der Waals surface area contributed by atoms with E-state index in [1.54, 1.807) is 12.1 Å². The van der Waals surface area contributed by atoms with Gasteiger partial charge in [-0.05, 0) is 77.5 Å². The van der Waals surface area contributed by atoms with Crippen molar-refractivity contribution in [2.75, 3.05) is 0 Å². The molecule has 0 amide bonds. The molecule has 0 bridgehead atoms. The molecule has 1 heterocycles. The number of furan rings is 1. The molecule has 3 aromatic rings. The molecule has 31 heavy (non-hydrogen) atoms. The SMILES string of the molecule is Cc1ccc(P(=Nc2ccc(S(N)(=O)=O)cc2)(Oc2ccc(Br)cc2Br)C(C)(C)C)o1. The summed E-state index contributed by atoms with van der Waals surface area (Å²) in [4.78, 5) is 0.0246. The lowest BCUT2D eigenvalue weighted by atomic mass is 10.3. The van der Waals surface area contributed by atoms with Crippen LogP contribution in [0.15, 0.2) is 77.6 Å². The van der Waals surface area contributed by atoms with Gasteiger partial charge in [0.2, 0.25) is 17.3 Å². The summed E-state index contributed by atoms with van der Waals surface area (Å²) in [7, 11) is -6.61. The Balaban J connectivity index is 2.27. The van der Waals surface area contributed by atoms with Crippen LogP contribution in [0.3, 0.4) is 0 Å². The maximum Gasteiger partial charge on any atom is 0.238 e. The van der Waals surface area contributed by atoms with Crippen molar-refractivity contribution >= 4 is 60.4 Å². The Morgan fingerprint density at radius 2 is 1.68 bits per heavy atom. The van der Waals surface area contributed by atoms with Gasteiger partial charge >= 0.3 is 0 Å². The predicted molar refractivity (Wildman–Crippen MR) is 132 cm³/mol. The molecule has 0 aliphatic heterocycles. The third-order valence-electron chi connectivity index (χ3n) is 4.48. The standard InChI is InChI=1S/C21H23Br2N2O4PS/c1-14-5-12-20(28-14)30(21(2,3)4,29-19-11-6-15(22)13-18(19)23)25-16-7-9-17(10-8-16)31(24,26)27/h5-13H,1-4H3,(H2,24,26,27). The van der Waals surface area contributed by atoms with Gasteiger partial charge in [0.1, 0.15) is 11.5 Å². The molecule has 0 saturated carbocycles. The quantitative estimate of drug-likeness (QED) is 0.335. The highest BCUT2D eigenvalue weighted by Gasteiger charge is 2.42. The molecule has 6 nitrogen and oxygen atoms in total. The number of nitrogens with two attached hydrogens (primary N) is 1. The van der Waals surface area contributed by atoms with Crippen LogP contribution in [0.5, 0.6) is 5.75 Å². The van der Waals surface area contributed by atoms with Gasteiger partial charge in [0.05, 0.1) is 15.1 Å². The summed E-state index contributed by atoms with van der Waals surface area (Å²) >= 11 is 7.03. The number of halogens is 2. The second-order valence-electron chi connectivity index (χ2n) is 7.94. The number of benzene rings is 2. The lowest BCUT2D eigenvalue weighted by Crippen LogP contribution is -2.26. The van der Waals surface area contributed by atoms with Crippen molar-refractivity contribution in [2.45, 2.75) is 37.7 Å². The minimum absolute atomic E-state index is 0.0246. The van der Waals surface area contributed by atoms with Crippen molar-refractivity contribution < 1.29 is 17.4 Å². The van der Waals surface area contributed by atoms with Gasteiger partial charge in [-0.25, -0.2) is 18.3 Å². The number of hydrogen-bond acceptors (Lipinski definition) is 5. The first kappa shape index (κ1) is 24.3. The number of aryl methyl sites for hydroxylation is 1. The molecule has 0 spiro atoms. The molecule has 0 radical (unpaired) electrons. The highest BCUT2D eigenvalue weighted by molar-refractivity contribution is 9.11. The molecule has 3 rings (SSSR count). The van der Waals surface area contributed by atoms with E-state index in [2.05, 4.69) is 31.9 Å². The Kier molecular flexibility index (Phi) is 6.94. The number of primary sulfonamides is 1. The van der Waals surface area contributed by atoms with Crippen molar-refractivity contribution in [2.24, 2.45) is 9.88 Å². The van der Waals surface area contributed by atoms with E-state index in [9.17, 15) is 8.42 Å². The number of hydrogen-bond donors (Lipinski definition) is 1. The molecule has 2 aromatic carbocycles. The summed E-state index contributed by atoms with van der Waals surface area (Å²) in [6, 6.07) is 15.6. The summed E-state index contributed by atoms with van der Waals surface area (Å²) in [5.74, 6) is 1.38. The van der Waals surface area contributed by atoms with E-state index in [0.29, 0.717) is 16.9 Å². The van der Waals surface area contributed by atoms with Gasteiger partial charge in [0.15, 0.2) is 5.50 Å². The fourth-order valence-electron chi connectivity index (χ4n) is 2.87. The average Bonchev–Trinajstić information content (AvgIpc) is 3.08. The van der Waals surface area contributed by atoms with Crippen molar-refractivity contribution in [3.8, 4) is 5.75 Å². The first-order valence-electron chi connectivity index (χ1n) is 9.29. The monoisotopic (exact) mass is 588 g/mol. The van der Waals surface area contributed by atoms with Crippen LogP contribution in [0.25, 0.3) is 0 Å². The van der Waals surface area contributed by atoms with Crippen molar-refractivity contribution in [1.82, 2.24) is 0 Å². The van der Waals surface area contributed by atoms with E-state index < -0.39 is 22.5 Å². The highest BCUT2D eigenvalue weighted by Crippen LogP contribution is 2.62. The topological polar surface area (TPSA) is 94.9 Å². The molecule has 1 atom stereocenters. The number of sulfonamides is 1. The zero-order chi connectivity index (χ0) is 23.0. The Labute approximate surface area is 199 Å². The summed E-state index contributed by atoms with van der Waals surface area (Å²) in [6.07, 6.45) is 0. The summed E-state index contributed by atoms with van der Waals surface area (Å²) < 4.78 is 42.7. The van der Waals surface area contributed by atoms with Gasteiger partial charge in [0, 0.05) is 9.63 Å². The predicted octanol–water partition coefficient (Wildman–Crippen LogP) is 6.71. The average molecular weight is 590 g/mol. The zero-order valence-corrected chi connectivity index (χ0v) is 22.3. The second kappa shape index (κ2) is 8.87. The van der Waals surface area contributed by atoms with Crippen LogP contribution >= 0.6 is 39.1 Å². The van der Waals surface area contributed by atoms with E-state index >= 15 is 0 Å². The Hall–Kier alpha value is -1.38. The van der Waals surface area contributed by atoms with E-state index in [1.807, 2.05) is 58.0 Å². The molecule has 10 heteroatoms. The molecule has 0 aliphatic rings. The van der Waals surface area contributed by atoms with Gasteiger partial charge in [0.25, 0.3) is 0 Å². The fraction of sp³-hybridized carbons (Fsp3) is 0.238. The zero-order valence-electron chi connectivity index (χ0n) is 17.5. The largest absolute Gasteiger partial charge is 0.457 e. The van der Waals surface area contributed by atoms with E-state index in [4.69, 9.17) is 18.8 Å². The van der Waals surface area contributed by atoms with E-state index in [1.165, 1.54) is 12.1 Å².